The summed E-state index contributed by atoms with van der Waals surface area (Å²) >= 11 is 0. The second kappa shape index (κ2) is 10.1. The summed E-state index contributed by atoms with van der Waals surface area (Å²) in [5, 5.41) is 16.7. The monoisotopic (exact) mass is 204 g/mol. The van der Waals surface area contributed by atoms with Gasteiger partial charge in [-0.25, -0.2) is 5.32 Å². The summed E-state index contributed by atoms with van der Waals surface area (Å²) in [7, 11) is 0. The first-order valence-corrected chi connectivity index (χ1v) is 4.95. The standard InChI is InChI=1S/C9H15N.C2HN3/c1-2-3-7-10-8-5-4-6-9-10;3-1-5-2-4/h4-6,8H,2-3,7,9H2,1H3;5H. The minimum Gasteiger partial charge on any atom is -0.374 e. The maximum atomic E-state index is 7.48. The van der Waals surface area contributed by atoms with E-state index in [0.29, 0.717) is 0 Å². The number of hydrogen-bond acceptors (Lipinski definition) is 4. The Balaban J connectivity index is 0.000000336. The number of nitrogens with zero attached hydrogens (tertiary/aromatic N) is 3. The van der Waals surface area contributed by atoms with Gasteiger partial charge in [0.25, 0.3) is 0 Å². The zero-order valence-corrected chi connectivity index (χ0v) is 8.98. The molecule has 1 N–H and O–H groups in total. The topological polar surface area (TPSA) is 62.9 Å². The van der Waals surface area contributed by atoms with Crippen LogP contribution in [0.25, 0.3) is 0 Å². The van der Waals surface area contributed by atoms with Gasteiger partial charge in [0, 0.05) is 13.1 Å². The molecule has 0 aromatic heterocycles. The van der Waals surface area contributed by atoms with Crippen LogP contribution in [-0.2, 0) is 0 Å². The van der Waals surface area contributed by atoms with Crippen molar-refractivity contribution in [1.29, 1.82) is 10.5 Å². The Labute approximate surface area is 91.1 Å². The highest BCUT2D eigenvalue weighted by molar-refractivity contribution is 5.08. The zero-order chi connectivity index (χ0) is 11.4. The van der Waals surface area contributed by atoms with Crippen molar-refractivity contribution in [2.75, 3.05) is 13.1 Å². The van der Waals surface area contributed by atoms with E-state index < -0.39 is 0 Å². The van der Waals surface area contributed by atoms with E-state index in [1.165, 1.54) is 31.8 Å². The summed E-state index contributed by atoms with van der Waals surface area (Å²) in [5.74, 6) is 0. The van der Waals surface area contributed by atoms with Gasteiger partial charge in [0.2, 0.25) is 0 Å². The Morgan fingerprint density at radius 1 is 1.33 bits per heavy atom. The van der Waals surface area contributed by atoms with Gasteiger partial charge in [0.1, 0.15) is 0 Å². The second-order valence-electron chi connectivity index (χ2n) is 2.97. The Kier molecular flexibility index (Phi) is 8.83. The molecule has 0 amide bonds. The van der Waals surface area contributed by atoms with Crippen molar-refractivity contribution in [2.45, 2.75) is 19.8 Å². The van der Waals surface area contributed by atoms with Gasteiger partial charge >= 0.3 is 0 Å². The molecule has 0 aliphatic carbocycles. The number of allylic oxidation sites excluding steroid dienone is 2. The van der Waals surface area contributed by atoms with Gasteiger partial charge in [-0.1, -0.05) is 25.5 Å². The molecule has 0 radical (unpaired) electrons. The predicted molar refractivity (Wildman–Crippen MR) is 59.1 cm³/mol. The molecule has 0 unspecified atom stereocenters. The fourth-order valence-corrected chi connectivity index (χ4v) is 1.06. The molecule has 0 saturated heterocycles. The first-order valence-electron chi connectivity index (χ1n) is 4.95. The average molecular weight is 204 g/mol. The lowest BCUT2D eigenvalue weighted by Gasteiger charge is -2.19. The molecule has 4 nitrogen and oxygen atoms in total. The Hall–Kier alpha value is -1.94. The quantitative estimate of drug-likeness (QED) is 0.561. The molecular weight excluding hydrogens is 188 g/mol. The number of hydrogen-bond donors (Lipinski definition) is 1. The lowest BCUT2D eigenvalue weighted by atomic mass is 10.3. The van der Waals surface area contributed by atoms with Crippen molar-refractivity contribution in [2.24, 2.45) is 0 Å². The lowest BCUT2D eigenvalue weighted by Crippen LogP contribution is -2.19. The third kappa shape index (κ3) is 8.39. The van der Waals surface area contributed by atoms with Gasteiger partial charge in [0.05, 0.1) is 0 Å². The molecule has 0 aromatic rings. The van der Waals surface area contributed by atoms with E-state index in [9.17, 15) is 0 Å². The molecule has 4 heteroatoms. The summed E-state index contributed by atoms with van der Waals surface area (Å²) in [6.07, 6.45) is 14.0. The molecule has 80 valence electrons. The van der Waals surface area contributed by atoms with Gasteiger partial charge in [0.15, 0.2) is 12.4 Å². The molecule has 0 aromatic carbocycles. The smallest absolute Gasteiger partial charge is 0.190 e. The number of unbranched alkanes of at least 4 members (excludes halogenated alkanes) is 1. The zero-order valence-electron chi connectivity index (χ0n) is 8.98. The van der Waals surface area contributed by atoms with E-state index in [1.807, 2.05) is 0 Å². The molecule has 1 rings (SSSR count). The average Bonchev–Trinajstić information content (AvgIpc) is 2.30. The minimum atomic E-state index is 1.09. The highest BCUT2D eigenvalue weighted by Gasteiger charge is 1.96. The Bertz CT molecular complexity index is 268. The van der Waals surface area contributed by atoms with E-state index in [0.717, 1.165) is 6.54 Å². The fourth-order valence-electron chi connectivity index (χ4n) is 1.06. The summed E-state index contributed by atoms with van der Waals surface area (Å²) in [6.45, 7) is 4.53. The maximum Gasteiger partial charge on any atom is 0.190 e. The minimum absolute atomic E-state index is 1.09. The Morgan fingerprint density at radius 2 is 2.07 bits per heavy atom. The van der Waals surface area contributed by atoms with Crippen LogP contribution in [0.15, 0.2) is 24.4 Å². The van der Waals surface area contributed by atoms with Gasteiger partial charge in [-0.2, -0.15) is 10.5 Å². The highest BCUT2D eigenvalue weighted by Crippen LogP contribution is 2.00. The largest absolute Gasteiger partial charge is 0.374 e. The van der Waals surface area contributed by atoms with Gasteiger partial charge in [-0.05, 0) is 18.7 Å². The molecule has 0 spiro atoms. The van der Waals surface area contributed by atoms with Crippen LogP contribution in [0.3, 0.4) is 0 Å². The van der Waals surface area contributed by atoms with Crippen molar-refractivity contribution < 1.29 is 0 Å². The molecule has 0 saturated carbocycles. The lowest BCUT2D eigenvalue weighted by molar-refractivity contribution is 0.401. The van der Waals surface area contributed by atoms with Crippen molar-refractivity contribution in [3.63, 3.8) is 0 Å². The first-order chi connectivity index (χ1) is 7.35. The van der Waals surface area contributed by atoms with E-state index in [1.54, 1.807) is 5.32 Å². The van der Waals surface area contributed by atoms with Crippen molar-refractivity contribution in [3.8, 4) is 12.4 Å². The van der Waals surface area contributed by atoms with Crippen LogP contribution in [0.5, 0.6) is 0 Å². The van der Waals surface area contributed by atoms with Crippen molar-refractivity contribution in [1.82, 2.24) is 10.2 Å². The van der Waals surface area contributed by atoms with E-state index >= 15 is 0 Å². The first kappa shape index (κ1) is 13.1. The third-order valence-corrected chi connectivity index (χ3v) is 1.79. The summed E-state index contributed by atoms with van der Waals surface area (Å²) in [5.41, 5.74) is 0. The van der Waals surface area contributed by atoms with Crippen LogP contribution >= 0.6 is 0 Å². The molecular formula is C11H16N4. The van der Waals surface area contributed by atoms with Crippen LogP contribution in [-0.4, -0.2) is 18.0 Å². The maximum absolute atomic E-state index is 7.48. The summed E-state index contributed by atoms with van der Waals surface area (Å²) in [4.78, 5) is 2.34. The number of nitriles is 2. The van der Waals surface area contributed by atoms with Crippen molar-refractivity contribution >= 4 is 0 Å². The normalized spacial score (nSPS) is 12.1. The molecule has 0 bridgehead atoms. The van der Waals surface area contributed by atoms with Crippen LogP contribution in [0.2, 0.25) is 0 Å². The van der Waals surface area contributed by atoms with Gasteiger partial charge in [-0.15, -0.1) is 0 Å². The van der Waals surface area contributed by atoms with Crippen LogP contribution in [0, 0.1) is 22.9 Å². The molecule has 0 atom stereocenters. The SMILES string of the molecule is CCCCN1C=CC=CC1.N#CNC#N. The van der Waals surface area contributed by atoms with E-state index in [4.69, 9.17) is 10.5 Å². The predicted octanol–water partition coefficient (Wildman–Crippen LogP) is 1.71. The van der Waals surface area contributed by atoms with E-state index in [2.05, 4.69) is 36.3 Å². The number of rotatable bonds is 3. The van der Waals surface area contributed by atoms with E-state index in [-0.39, 0.29) is 0 Å². The Morgan fingerprint density at radius 3 is 2.47 bits per heavy atom. The molecule has 1 aliphatic heterocycles. The fraction of sp³-hybridized carbons (Fsp3) is 0.455. The molecule has 1 heterocycles. The highest BCUT2D eigenvalue weighted by atomic mass is 15.1. The second-order valence-corrected chi connectivity index (χ2v) is 2.97. The van der Waals surface area contributed by atoms with Crippen LogP contribution in [0.4, 0.5) is 0 Å². The van der Waals surface area contributed by atoms with Gasteiger partial charge < -0.3 is 4.90 Å². The summed E-state index contributed by atoms with van der Waals surface area (Å²) < 4.78 is 0. The van der Waals surface area contributed by atoms with Gasteiger partial charge in [-0.3, -0.25) is 0 Å². The molecule has 0 fully saturated rings. The summed E-state index contributed by atoms with van der Waals surface area (Å²) in [6, 6.07) is 0. The molecule has 15 heavy (non-hydrogen) atoms. The van der Waals surface area contributed by atoms with Crippen LogP contribution in [0.1, 0.15) is 19.8 Å². The molecule has 1 aliphatic rings. The number of nitrogens with one attached hydrogen (secondary N) is 1. The van der Waals surface area contributed by atoms with Crippen LogP contribution < -0.4 is 5.32 Å². The third-order valence-electron chi connectivity index (χ3n) is 1.79. The van der Waals surface area contributed by atoms with Crippen molar-refractivity contribution in [3.05, 3.63) is 24.4 Å².